The molecule has 0 spiro atoms. The van der Waals surface area contributed by atoms with Gasteiger partial charge in [-0.1, -0.05) is 0 Å². The van der Waals surface area contributed by atoms with Crippen molar-refractivity contribution < 1.29 is 120 Å². The molecule has 21 heavy (non-hydrogen) atoms. The Morgan fingerprint density at radius 2 is 0.905 bits per heavy atom. The molecular weight excluding hydrogens is 268 g/mol. The third kappa shape index (κ3) is 16.4. The van der Waals surface area contributed by atoms with E-state index in [0.717, 1.165) is 0 Å². The standard InChI is InChI=1S/C8H10O9.4Li/c9-5(10)1-3(7(13)14)17-4(8(15)16)2-6(11)12;;;;/h3-4H,1-2H2,(H,9,10)(H,11,12)(H,13,14)(H,15,16);;;;/q;4*+1/p-4. The van der Waals surface area contributed by atoms with E-state index in [4.69, 9.17) is 0 Å². The van der Waals surface area contributed by atoms with Crippen LogP contribution >= 0.6 is 0 Å². The predicted octanol–water partition coefficient (Wildman–Crippen LogP) is -18.5. The maximum Gasteiger partial charge on any atom is 1.00 e. The van der Waals surface area contributed by atoms with Gasteiger partial charge in [0.05, 0.1) is 11.9 Å². The Balaban J connectivity index is -0.000000213. The summed E-state index contributed by atoms with van der Waals surface area (Å²) in [7, 11) is 0. The van der Waals surface area contributed by atoms with E-state index in [1.807, 2.05) is 0 Å². The topological polar surface area (TPSA) is 170 Å². The zero-order chi connectivity index (χ0) is 13.6. The van der Waals surface area contributed by atoms with Crippen LogP contribution in [0.25, 0.3) is 0 Å². The number of carboxylic acid groups (broad SMARTS) is 4. The van der Waals surface area contributed by atoms with Gasteiger partial charge in [0.1, 0.15) is 12.2 Å². The second-order valence-corrected chi connectivity index (χ2v) is 2.90. The van der Waals surface area contributed by atoms with Gasteiger partial charge in [-0.2, -0.15) is 0 Å². The fourth-order valence-electron chi connectivity index (χ4n) is 0.875. The average Bonchev–Trinajstić information content (AvgIpc) is 2.13. The third-order valence-corrected chi connectivity index (χ3v) is 1.56. The summed E-state index contributed by atoms with van der Waals surface area (Å²) in [5.41, 5.74) is 0. The van der Waals surface area contributed by atoms with Crippen molar-refractivity contribution in [1.82, 2.24) is 0 Å². The SMILES string of the molecule is O=C([O-])CC(OC(CC(=O)[O-])C(=O)[O-])C(=O)[O-].[Li+].[Li+].[Li+].[Li+]. The zero-order valence-corrected chi connectivity index (χ0v) is 12.2. The second kappa shape index (κ2) is 16.6. The number of hydrogen-bond donors (Lipinski definition) is 0. The Bertz CT molecular complexity index is 317. The largest absolute Gasteiger partial charge is 1.00 e. The van der Waals surface area contributed by atoms with Gasteiger partial charge in [-0.25, -0.2) is 0 Å². The van der Waals surface area contributed by atoms with Crippen molar-refractivity contribution in [1.29, 1.82) is 0 Å². The van der Waals surface area contributed by atoms with Gasteiger partial charge in [0.25, 0.3) is 0 Å². The molecule has 0 aliphatic rings. The molecule has 0 amide bonds. The van der Waals surface area contributed by atoms with Gasteiger partial charge in [0.2, 0.25) is 0 Å². The van der Waals surface area contributed by atoms with Crippen LogP contribution in [0.15, 0.2) is 0 Å². The Morgan fingerprint density at radius 3 is 1.05 bits per heavy atom. The first-order valence-electron chi connectivity index (χ1n) is 4.21. The van der Waals surface area contributed by atoms with Crippen LogP contribution in [0.2, 0.25) is 0 Å². The Hall–Kier alpha value is 0.230. The van der Waals surface area contributed by atoms with Gasteiger partial charge in [-0.3, -0.25) is 0 Å². The van der Waals surface area contributed by atoms with E-state index < -0.39 is 48.9 Å². The van der Waals surface area contributed by atoms with E-state index in [9.17, 15) is 39.6 Å². The van der Waals surface area contributed by atoms with Gasteiger partial charge >= 0.3 is 75.4 Å². The second-order valence-electron chi connectivity index (χ2n) is 2.90. The number of carbonyl (C=O) groups is 4. The average molecular weight is 274 g/mol. The maximum atomic E-state index is 10.4. The molecule has 0 N–H and O–H groups in total. The molecule has 13 heteroatoms. The van der Waals surface area contributed by atoms with Crippen molar-refractivity contribution in [3.63, 3.8) is 0 Å². The van der Waals surface area contributed by atoms with E-state index in [0.29, 0.717) is 0 Å². The normalized spacial score (nSPS) is 11.0. The van der Waals surface area contributed by atoms with Gasteiger partial charge in [-0.15, -0.1) is 0 Å². The molecule has 0 aromatic heterocycles. The summed E-state index contributed by atoms with van der Waals surface area (Å²) >= 11 is 0. The smallest absolute Gasteiger partial charge is 0.550 e. The Morgan fingerprint density at radius 1 is 0.667 bits per heavy atom. The van der Waals surface area contributed by atoms with E-state index in [-0.39, 0.29) is 75.4 Å². The molecular formula is C8H6Li4O9. The minimum absolute atomic E-state index is 0. The van der Waals surface area contributed by atoms with Crippen LogP contribution in [0.4, 0.5) is 0 Å². The molecule has 0 rings (SSSR count). The first-order chi connectivity index (χ1) is 7.73. The maximum absolute atomic E-state index is 10.4. The summed E-state index contributed by atoms with van der Waals surface area (Å²) in [5.74, 6) is -7.69. The van der Waals surface area contributed by atoms with Crippen molar-refractivity contribution in [3.05, 3.63) is 0 Å². The first-order valence-corrected chi connectivity index (χ1v) is 4.21. The van der Waals surface area contributed by atoms with Crippen LogP contribution in [-0.4, -0.2) is 36.1 Å². The van der Waals surface area contributed by atoms with Crippen molar-refractivity contribution in [2.75, 3.05) is 0 Å². The number of carboxylic acids is 4. The number of carbonyl (C=O) groups excluding carboxylic acids is 4. The number of rotatable bonds is 8. The van der Waals surface area contributed by atoms with Crippen LogP contribution in [-0.2, 0) is 23.9 Å². The quantitative estimate of drug-likeness (QED) is 0.389. The van der Waals surface area contributed by atoms with Crippen molar-refractivity contribution in [2.24, 2.45) is 0 Å². The van der Waals surface area contributed by atoms with E-state index in [1.165, 1.54) is 0 Å². The molecule has 2 atom stereocenters. The fraction of sp³-hybridized carbons (Fsp3) is 0.500. The van der Waals surface area contributed by atoms with Gasteiger partial charge in [-0.05, 0) is 0 Å². The van der Waals surface area contributed by atoms with Gasteiger partial charge in [0, 0.05) is 24.8 Å². The summed E-state index contributed by atoms with van der Waals surface area (Å²) in [4.78, 5) is 41.0. The molecule has 0 aliphatic carbocycles. The van der Waals surface area contributed by atoms with Crippen LogP contribution in [0, 0.1) is 0 Å². The predicted molar refractivity (Wildman–Crippen MR) is 37.9 cm³/mol. The molecule has 9 nitrogen and oxygen atoms in total. The van der Waals surface area contributed by atoms with E-state index >= 15 is 0 Å². The zero-order valence-electron chi connectivity index (χ0n) is 12.2. The fourth-order valence-corrected chi connectivity index (χ4v) is 0.875. The van der Waals surface area contributed by atoms with Crippen LogP contribution < -0.4 is 95.9 Å². The van der Waals surface area contributed by atoms with E-state index in [1.54, 1.807) is 0 Å². The monoisotopic (exact) mass is 274 g/mol. The number of ether oxygens (including phenoxy) is 1. The number of hydrogen-bond acceptors (Lipinski definition) is 9. The van der Waals surface area contributed by atoms with E-state index in [2.05, 4.69) is 4.74 Å². The van der Waals surface area contributed by atoms with Crippen LogP contribution in [0.5, 0.6) is 0 Å². The minimum atomic E-state index is -2.15. The summed E-state index contributed by atoms with van der Waals surface area (Å²) in [6.07, 6.45) is -6.66. The Labute approximate surface area is 167 Å². The molecule has 0 radical (unpaired) electrons. The minimum Gasteiger partial charge on any atom is -0.550 e. The molecule has 0 fully saturated rings. The van der Waals surface area contributed by atoms with Gasteiger partial charge < -0.3 is 44.3 Å². The summed E-state index contributed by atoms with van der Waals surface area (Å²) in [5, 5.41) is 41.0. The van der Waals surface area contributed by atoms with Crippen LogP contribution in [0.3, 0.4) is 0 Å². The Kier molecular flexibility index (Phi) is 26.1. The summed E-state index contributed by atoms with van der Waals surface area (Å²) < 4.78 is 4.23. The molecule has 0 heterocycles. The first kappa shape index (κ1) is 33.0. The van der Waals surface area contributed by atoms with Crippen molar-refractivity contribution in [2.45, 2.75) is 25.0 Å². The molecule has 0 aliphatic heterocycles. The molecule has 96 valence electrons. The molecule has 0 aromatic rings. The summed E-state index contributed by atoms with van der Waals surface area (Å²) in [6.45, 7) is 0. The molecule has 0 bridgehead atoms. The van der Waals surface area contributed by atoms with Crippen molar-refractivity contribution in [3.8, 4) is 0 Å². The van der Waals surface area contributed by atoms with Crippen LogP contribution in [0.1, 0.15) is 12.8 Å². The molecule has 2 unspecified atom stereocenters. The third-order valence-electron chi connectivity index (χ3n) is 1.56. The number of aliphatic carboxylic acids is 4. The van der Waals surface area contributed by atoms with Gasteiger partial charge in [0.15, 0.2) is 0 Å². The molecule has 0 saturated heterocycles. The summed E-state index contributed by atoms with van der Waals surface area (Å²) in [6, 6.07) is 0. The molecule has 0 aromatic carbocycles. The molecule has 0 saturated carbocycles. The van der Waals surface area contributed by atoms with Crippen molar-refractivity contribution >= 4 is 23.9 Å².